The van der Waals surface area contributed by atoms with Crippen molar-refractivity contribution in [2.45, 2.75) is 32.2 Å². The molecule has 78 valence electrons. The number of rotatable bonds is 4. The molecule has 0 heterocycles. The van der Waals surface area contributed by atoms with Crippen LogP contribution in [0, 0.1) is 5.82 Å². The van der Waals surface area contributed by atoms with Crippen LogP contribution in [-0.2, 0) is 6.42 Å². The number of halogens is 2. The number of nitrogens with two attached hydrogens (primary N) is 1. The second-order valence-electron chi connectivity index (χ2n) is 3.44. The molecule has 1 aromatic carbocycles. The summed E-state index contributed by atoms with van der Waals surface area (Å²) in [4.78, 5) is 0. The van der Waals surface area contributed by atoms with Crippen molar-refractivity contribution in [1.29, 1.82) is 0 Å². The molecule has 1 rings (SSSR count). The van der Waals surface area contributed by atoms with E-state index in [2.05, 4.69) is 0 Å². The van der Waals surface area contributed by atoms with Gasteiger partial charge in [0.2, 0.25) is 0 Å². The van der Waals surface area contributed by atoms with E-state index in [1.807, 2.05) is 6.92 Å². The van der Waals surface area contributed by atoms with Gasteiger partial charge in [0.1, 0.15) is 5.82 Å². The summed E-state index contributed by atoms with van der Waals surface area (Å²) in [5, 5.41) is 0.436. The second kappa shape index (κ2) is 5.32. The Morgan fingerprint density at radius 3 is 2.79 bits per heavy atom. The molecule has 0 aliphatic rings. The summed E-state index contributed by atoms with van der Waals surface area (Å²) in [6, 6.07) is 4.93. The maximum absolute atomic E-state index is 13.3. The van der Waals surface area contributed by atoms with Gasteiger partial charge in [0, 0.05) is 11.1 Å². The molecule has 0 bridgehead atoms. The number of benzene rings is 1. The molecule has 2 N–H and O–H groups in total. The highest BCUT2D eigenvalue weighted by Gasteiger charge is 2.05. The fourth-order valence-electron chi connectivity index (χ4n) is 1.27. The third kappa shape index (κ3) is 3.28. The minimum atomic E-state index is -0.235. The fourth-order valence-corrected chi connectivity index (χ4v) is 1.43. The van der Waals surface area contributed by atoms with Crippen LogP contribution in [0.5, 0.6) is 0 Å². The van der Waals surface area contributed by atoms with Gasteiger partial charge in [-0.25, -0.2) is 4.39 Å². The molecule has 1 atom stereocenters. The monoisotopic (exact) mass is 215 g/mol. The lowest BCUT2D eigenvalue weighted by atomic mass is 10.0. The number of hydrogen-bond donors (Lipinski definition) is 1. The molecule has 1 unspecified atom stereocenters. The van der Waals surface area contributed by atoms with Crippen LogP contribution in [0.3, 0.4) is 0 Å². The summed E-state index contributed by atoms with van der Waals surface area (Å²) >= 11 is 5.64. The molecule has 0 aromatic heterocycles. The Balaban J connectivity index is 2.59. The van der Waals surface area contributed by atoms with E-state index in [4.69, 9.17) is 17.3 Å². The van der Waals surface area contributed by atoms with E-state index in [0.29, 0.717) is 17.0 Å². The van der Waals surface area contributed by atoms with Crippen LogP contribution in [0.2, 0.25) is 5.02 Å². The average molecular weight is 216 g/mol. The minimum absolute atomic E-state index is 0.157. The Bertz CT molecular complexity index is 301. The van der Waals surface area contributed by atoms with Crippen molar-refractivity contribution < 1.29 is 4.39 Å². The van der Waals surface area contributed by atoms with Crippen LogP contribution in [0.15, 0.2) is 18.2 Å². The molecule has 1 nitrogen and oxygen atoms in total. The Labute approximate surface area is 89.1 Å². The lowest BCUT2D eigenvalue weighted by molar-refractivity contribution is 0.566. The summed E-state index contributed by atoms with van der Waals surface area (Å²) < 4.78 is 13.3. The van der Waals surface area contributed by atoms with Gasteiger partial charge in [0.15, 0.2) is 0 Å². The van der Waals surface area contributed by atoms with Crippen LogP contribution in [0.4, 0.5) is 4.39 Å². The molecule has 0 aliphatic heterocycles. The molecule has 0 radical (unpaired) electrons. The summed E-state index contributed by atoms with van der Waals surface area (Å²) in [5.41, 5.74) is 6.45. The molecule has 3 heteroatoms. The molecular formula is C11H15ClFN. The van der Waals surface area contributed by atoms with Gasteiger partial charge in [-0.05, 0) is 37.0 Å². The maximum Gasteiger partial charge on any atom is 0.127 e. The standard InChI is InChI=1S/C11H15ClFN/c1-2-10(14)6-4-8-3-5-9(12)7-11(8)13/h3,5,7,10H,2,4,6,14H2,1H3. The van der Waals surface area contributed by atoms with Crippen molar-refractivity contribution >= 4 is 11.6 Å². The maximum atomic E-state index is 13.3. The van der Waals surface area contributed by atoms with Crippen molar-refractivity contribution in [3.63, 3.8) is 0 Å². The van der Waals surface area contributed by atoms with Crippen molar-refractivity contribution in [3.8, 4) is 0 Å². The topological polar surface area (TPSA) is 26.0 Å². The van der Waals surface area contributed by atoms with Gasteiger partial charge in [0.25, 0.3) is 0 Å². The first kappa shape index (κ1) is 11.5. The lowest BCUT2D eigenvalue weighted by Gasteiger charge is -2.08. The smallest absolute Gasteiger partial charge is 0.127 e. The van der Waals surface area contributed by atoms with E-state index in [1.54, 1.807) is 12.1 Å². The molecule has 0 aliphatic carbocycles. The van der Waals surface area contributed by atoms with Crippen LogP contribution < -0.4 is 5.73 Å². The van der Waals surface area contributed by atoms with Gasteiger partial charge in [-0.2, -0.15) is 0 Å². The van der Waals surface area contributed by atoms with Gasteiger partial charge in [-0.15, -0.1) is 0 Å². The molecular weight excluding hydrogens is 201 g/mol. The molecule has 0 saturated carbocycles. The molecule has 14 heavy (non-hydrogen) atoms. The normalized spacial score (nSPS) is 12.9. The van der Waals surface area contributed by atoms with Crippen LogP contribution in [0.1, 0.15) is 25.3 Å². The Hall–Kier alpha value is -0.600. The van der Waals surface area contributed by atoms with E-state index >= 15 is 0 Å². The van der Waals surface area contributed by atoms with Crippen molar-refractivity contribution in [2.24, 2.45) is 5.73 Å². The van der Waals surface area contributed by atoms with E-state index in [9.17, 15) is 4.39 Å². The van der Waals surface area contributed by atoms with E-state index in [0.717, 1.165) is 12.8 Å². The summed E-state index contributed by atoms with van der Waals surface area (Å²) in [7, 11) is 0. The minimum Gasteiger partial charge on any atom is -0.328 e. The molecule has 0 fully saturated rings. The number of aryl methyl sites for hydroxylation is 1. The van der Waals surface area contributed by atoms with Gasteiger partial charge in [-0.3, -0.25) is 0 Å². The first-order valence-corrected chi connectivity index (χ1v) is 5.20. The first-order valence-electron chi connectivity index (χ1n) is 4.83. The zero-order valence-corrected chi connectivity index (χ0v) is 9.02. The van der Waals surface area contributed by atoms with Crippen molar-refractivity contribution in [3.05, 3.63) is 34.6 Å². The first-order chi connectivity index (χ1) is 6.63. The highest BCUT2D eigenvalue weighted by atomic mass is 35.5. The van der Waals surface area contributed by atoms with Crippen LogP contribution in [-0.4, -0.2) is 6.04 Å². The lowest BCUT2D eigenvalue weighted by Crippen LogP contribution is -2.19. The summed E-state index contributed by atoms with van der Waals surface area (Å²) in [6.45, 7) is 2.03. The second-order valence-corrected chi connectivity index (χ2v) is 3.88. The van der Waals surface area contributed by atoms with E-state index in [1.165, 1.54) is 6.07 Å². The quantitative estimate of drug-likeness (QED) is 0.821. The Morgan fingerprint density at radius 1 is 1.50 bits per heavy atom. The zero-order chi connectivity index (χ0) is 10.6. The fraction of sp³-hybridized carbons (Fsp3) is 0.455. The highest BCUT2D eigenvalue weighted by molar-refractivity contribution is 6.30. The average Bonchev–Trinajstić information content (AvgIpc) is 2.16. The molecule has 0 saturated heterocycles. The third-order valence-corrected chi connectivity index (χ3v) is 2.56. The summed E-state index contributed by atoms with van der Waals surface area (Å²) in [5.74, 6) is -0.235. The van der Waals surface area contributed by atoms with Gasteiger partial charge in [-0.1, -0.05) is 24.6 Å². The number of hydrogen-bond acceptors (Lipinski definition) is 1. The molecule has 0 amide bonds. The SMILES string of the molecule is CCC(N)CCc1ccc(Cl)cc1F. The third-order valence-electron chi connectivity index (χ3n) is 2.32. The van der Waals surface area contributed by atoms with Gasteiger partial charge >= 0.3 is 0 Å². The van der Waals surface area contributed by atoms with Crippen molar-refractivity contribution in [2.75, 3.05) is 0 Å². The van der Waals surface area contributed by atoms with E-state index in [-0.39, 0.29) is 11.9 Å². The zero-order valence-electron chi connectivity index (χ0n) is 8.26. The highest BCUT2D eigenvalue weighted by Crippen LogP contribution is 2.16. The Morgan fingerprint density at radius 2 is 2.21 bits per heavy atom. The Kier molecular flexibility index (Phi) is 4.36. The van der Waals surface area contributed by atoms with Crippen molar-refractivity contribution in [1.82, 2.24) is 0 Å². The molecule has 0 spiro atoms. The summed E-state index contributed by atoms with van der Waals surface area (Å²) in [6.07, 6.45) is 2.42. The van der Waals surface area contributed by atoms with E-state index < -0.39 is 0 Å². The van der Waals surface area contributed by atoms with Gasteiger partial charge in [0.05, 0.1) is 0 Å². The van der Waals surface area contributed by atoms with Crippen LogP contribution in [0.25, 0.3) is 0 Å². The predicted molar refractivity (Wildman–Crippen MR) is 58.0 cm³/mol. The molecule has 1 aromatic rings. The van der Waals surface area contributed by atoms with Crippen LogP contribution >= 0.6 is 11.6 Å². The van der Waals surface area contributed by atoms with Gasteiger partial charge < -0.3 is 5.73 Å². The predicted octanol–water partition coefficient (Wildman–Crippen LogP) is 3.15. The largest absolute Gasteiger partial charge is 0.328 e.